The van der Waals surface area contributed by atoms with E-state index in [9.17, 15) is 5.11 Å². The molecular formula is C17H18BrNO. The highest BCUT2D eigenvalue weighted by molar-refractivity contribution is 9.10. The molecule has 2 aromatic carbocycles. The van der Waals surface area contributed by atoms with Crippen LogP contribution in [-0.2, 0) is 6.42 Å². The zero-order chi connectivity index (χ0) is 14.3. The smallest absolute Gasteiger partial charge is 0.118 e. The summed E-state index contributed by atoms with van der Waals surface area (Å²) in [6, 6.07) is 10.7. The van der Waals surface area contributed by atoms with Crippen LogP contribution in [0.25, 0.3) is 0 Å². The number of benzene rings is 2. The largest absolute Gasteiger partial charge is 0.508 e. The Labute approximate surface area is 128 Å². The van der Waals surface area contributed by atoms with Gasteiger partial charge < -0.3 is 10.4 Å². The molecular weight excluding hydrogens is 314 g/mol. The molecule has 1 unspecified atom stereocenters. The standard InChI is InChI=1S/C17H18BrNO/c1-10-8-17(20)11(2)7-16(10)19-15-6-3-12-9-13(18)4-5-14(12)15/h4-5,7-9,15,19-20H,3,6H2,1-2H3. The maximum Gasteiger partial charge on any atom is 0.118 e. The number of anilines is 1. The lowest BCUT2D eigenvalue weighted by molar-refractivity contribution is 0.470. The summed E-state index contributed by atoms with van der Waals surface area (Å²) in [5.74, 6) is 0.365. The van der Waals surface area contributed by atoms with Gasteiger partial charge in [0.05, 0.1) is 6.04 Å². The van der Waals surface area contributed by atoms with E-state index < -0.39 is 0 Å². The average molecular weight is 332 g/mol. The van der Waals surface area contributed by atoms with Crippen LogP contribution in [0.4, 0.5) is 5.69 Å². The van der Waals surface area contributed by atoms with Crippen LogP contribution in [0.2, 0.25) is 0 Å². The van der Waals surface area contributed by atoms with E-state index in [1.54, 1.807) is 0 Å². The van der Waals surface area contributed by atoms with Crippen molar-refractivity contribution in [3.8, 4) is 5.75 Å². The van der Waals surface area contributed by atoms with Gasteiger partial charge in [0, 0.05) is 10.2 Å². The fourth-order valence-electron chi connectivity index (χ4n) is 2.88. The Morgan fingerprint density at radius 2 is 1.95 bits per heavy atom. The van der Waals surface area contributed by atoms with Gasteiger partial charge in [0.1, 0.15) is 5.75 Å². The fraction of sp³-hybridized carbons (Fsp3) is 0.294. The van der Waals surface area contributed by atoms with Crippen LogP contribution in [0.1, 0.15) is 34.7 Å². The zero-order valence-electron chi connectivity index (χ0n) is 11.7. The third-order valence-corrected chi connectivity index (χ3v) is 4.55. The van der Waals surface area contributed by atoms with Crippen LogP contribution in [-0.4, -0.2) is 5.11 Å². The fourth-order valence-corrected chi connectivity index (χ4v) is 3.29. The third-order valence-electron chi connectivity index (χ3n) is 4.06. The molecule has 0 saturated heterocycles. The lowest BCUT2D eigenvalue weighted by atomic mass is 10.1. The number of hydrogen-bond donors (Lipinski definition) is 2. The Kier molecular flexibility index (Phi) is 3.47. The van der Waals surface area contributed by atoms with Crippen LogP contribution >= 0.6 is 15.9 Å². The Morgan fingerprint density at radius 3 is 2.75 bits per heavy atom. The predicted octanol–water partition coefficient (Wildman–Crippen LogP) is 4.87. The summed E-state index contributed by atoms with van der Waals surface area (Å²) in [6.07, 6.45) is 2.23. The van der Waals surface area contributed by atoms with E-state index in [1.165, 1.54) is 11.1 Å². The van der Waals surface area contributed by atoms with E-state index >= 15 is 0 Å². The Morgan fingerprint density at radius 1 is 1.15 bits per heavy atom. The molecule has 104 valence electrons. The van der Waals surface area contributed by atoms with E-state index in [0.29, 0.717) is 11.8 Å². The molecule has 0 radical (unpaired) electrons. The molecule has 2 aromatic rings. The molecule has 0 heterocycles. The summed E-state index contributed by atoms with van der Waals surface area (Å²) < 4.78 is 1.15. The number of halogens is 1. The molecule has 0 aliphatic heterocycles. The van der Waals surface area contributed by atoms with Gasteiger partial charge in [-0.1, -0.05) is 22.0 Å². The minimum Gasteiger partial charge on any atom is -0.508 e. The van der Waals surface area contributed by atoms with Crippen molar-refractivity contribution in [1.29, 1.82) is 0 Å². The van der Waals surface area contributed by atoms with Crippen molar-refractivity contribution >= 4 is 21.6 Å². The first-order valence-electron chi connectivity index (χ1n) is 6.89. The van der Waals surface area contributed by atoms with Gasteiger partial charge in [-0.3, -0.25) is 0 Å². The molecule has 20 heavy (non-hydrogen) atoms. The molecule has 3 rings (SSSR count). The van der Waals surface area contributed by atoms with Gasteiger partial charge in [0.2, 0.25) is 0 Å². The van der Waals surface area contributed by atoms with Crippen molar-refractivity contribution in [1.82, 2.24) is 0 Å². The number of rotatable bonds is 2. The minimum atomic E-state index is 0.362. The highest BCUT2D eigenvalue weighted by Gasteiger charge is 2.22. The van der Waals surface area contributed by atoms with Crippen molar-refractivity contribution < 1.29 is 5.11 Å². The molecule has 0 spiro atoms. The first-order chi connectivity index (χ1) is 9.54. The second-order valence-corrected chi connectivity index (χ2v) is 6.45. The molecule has 0 aromatic heterocycles. The van der Waals surface area contributed by atoms with Crippen LogP contribution < -0.4 is 5.32 Å². The van der Waals surface area contributed by atoms with Crippen molar-refractivity contribution in [3.05, 3.63) is 57.1 Å². The van der Waals surface area contributed by atoms with Crippen molar-refractivity contribution in [2.75, 3.05) is 5.32 Å². The SMILES string of the molecule is Cc1cc(NC2CCc3cc(Br)ccc32)c(C)cc1O. The van der Waals surface area contributed by atoms with E-state index in [-0.39, 0.29) is 0 Å². The van der Waals surface area contributed by atoms with Gasteiger partial charge >= 0.3 is 0 Å². The van der Waals surface area contributed by atoms with Gasteiger partial charge in [0.25, 0.3) is 0 Å². The van der Waals surface area contributed by atoms with Gasteiger partial charge in [-0.05, 0) is 73.2 Å². The average Bonchev–Trinajstić information content (AvgIpc) is 2.78. The Hall–Kier alpha value is -1.48. The van der Waals surface area contributed by atoms with Crippen LogP contribution in [0.3, 0.4) is 0 Å². The summed E-state index contributed by atoms with van der Waals surface area (Å²) >= 11 is 3.53. The number of nitrogens with one attached hydrogen (secondary N) is 1. The quantitative estimate of drug-likeness (QED) is 0.769. The van der Waals surface area contributed by atoms with E-state index in [0.717, 1.165) is 34.1 Å². The minimum absolute atomic E-state index is 0.362. The normalized spacial score (nSPS) is 17.1. The van der Waals surface area contributed by atoms with Crippen molar-refractivity contribution in [2.24, 2.45) is 0 Å². The number of hydrogen-bond acceptors (Lipinski definition) is 2. The molecule has 0 bridgehead atoms. The molecule has 0 saturated carbocycles. The molecule has 1 aliphatic rings. The first-order valence-corrected chi connectivity index (χ1v) is 7.69. The summed E-state index contributed by atoms with van der Waals surface area (Å²) in [5, 5.41) is 13.4. The van der Waals surface area contributed by atoms with Gasteiger partial charge in [0.15, 0.2) is 0 Å². The molecule has 1 aliphatic carbocycles. The molecule has 0 amide bonds. The molecule has 0 fully saturated rings. The predicted molar refractivity (Wildman–Crippen MR) is 86.4 cm³/mol. The van der Waals surface area contributed by atoms with Gasteiger partial charge in [-0.25, -0.2) is 0 Å². The van der Waals surface area contributed by atoms with E-state index in [2.05, 4.69) is 39.4 Å². The lowest BCUT2D eigenvalue weighted by Gasteiger charge is -2.18. The second-order valence-electron chi connectivity index (χ2n) is 5.53. The molecule has 2 N–H and O–H groups in total. The summed E-state index contributed by atoms with van der Waals surface area (Å²) in [5.41, 5.74) is 5.91. The summed E-state index contributed by atoms with van der Waals surface area (Å²) in [4.78, 5) is 0. The lowest BCUT2D eigenvalue weighted by Crippen LogP contribution is -2.08. The van der Waals surface area contributed by atoms with Crippen molar-refractivity contribution in [3.63, 3.8) is 0 Å². The second kappa shape index (κ2) is 5.13. The monoisotopic (exact) mass is 331 g/mol. The van der Waals surface area contributed by atoms with E-state index in [1.807, 2.05) is 26.0 Å². The van der Waals surface area contributed by atoms with E-state index in [4.69, 9.17) is 0 Å². The van der Waals surface area contributed by atoms with Crippen LogP contribution in [0, 0.1) is 13.8 Å². The molecule has 2 nitrogen and oxygen atoms in total. The Bertz CT molecular complexity index is 666. The topological polar surface area (TPSA) is 32.3 Å². The first kappa shape index (κ1) is 13.5. The third kappa shape index (κ3) is 2.42. The molecule has 3 heteroatoms. The maximum atomic E-state index is 9.74. The summed E-state index contributed by atoms with van der Waals surface area (Å²) in [7, 11) is 0. The summed E-state index contributed by atoms with van der Waals surface area (Å²) in [6.45, 7) is 3.96. The zero-order valence-corrected chi connectivity index (χ0v) is 13.3. The number of phenols is 1. The number of aryl methyl sites for hydroxylation is 3. The van der Waals surface area contributed by atoms with Crippen molar-refractivity contribution in [2.45, 2.75) is 32.7 Å². The Balaban J connectivity index is 1.89. The van der Waals surface area contributed by atoms with Gasteiger partial charge in [-0.2, -0.15) is 0 Å². The van der Waals surface area contributed by atoms with Crippen LogP contribution in [0.5, 0.6) is 5.75 Å². The van der Waals surface area contributed by atoms with Gasteiger partial charge in [-0.15, -0.1) is 0 Å². The maximum absolute atomic E-state index is 9.74. The number of fused-ring (bicyclic) bond motifs is 1. The number of aromatic hydroxyl groups is 1. The van der Waals surface area contributed by atoms with Crippen LogP contribution in [0.15, 0.2) is 34.8 Å². The highest BCUT2D eigenvalue weighted by Crippen LogP contribution is 2.36. The number of phenolic OH excluding ortho intramolecular Hbond substituents is 1. The highest BCUT2D eigenvalue weighted by atomic mass is 79.9. The molecule has 1 atom stereocenters.